The Hall–Kier alpha value is -2.44. The molecule has 0 spiro atoms. The molecule has 2 N–H and O–H groups in total. The molecule has 1 saturated heterocycles. The van der Waals surface area contributed by atoms with Crippen LogP contribution in [0, 0.1) is 0 Å². The maximum atomic E-state index is 12.6. The van der Waals surface area contributed by atoms with E-state index >= 15 is 0 Å². The Balaban J connectivity index is 1.67. The number of aromatic nitrogens is 4. The number of nitrogens with zero attached hydrogens (tertiary/aromatic N) is 4. The van der Waals surface area contributed by atoms with E-state index in [2.05, 4.69) is 37.3 Å². The highest BCUT2D eigenvalue weighted by Crippen LogP contribution is 2.20. The molecule has 2 aromatic rings. The van der Waals surface area contributed by atoms with E-state index in [-0.39, 0.29) is 17.9 Å². The molecule has 134 valence electrons. The lowest BCUT2D eigenvalue weighted by Gasteiger charge is -2.34. The molecule has 1 aliphatic heterocycles. The third kappa shape index (κ3) is 3.97. The van der Waals surface area contributed by atoms with Gasteiger partial charge < -0.3 is 10.2 Å². The predicted molar refractivity (Wildman–Crippen MR) is 96.8 cm³/mol. The van der Waals surface area contributed by atoms with E-state index in [0.717, 1.165) is 49.6 Å². The summed E-state index contributed by atoms with van der Waals surface area (Å²) in [4.78, 5) is 23.5. The minimum absolute atomic E-state index is 0.0544. The van der Waals surface area contributed by atoms with E-state index in [1.807, 2.05) is 19.9 Å². The normalized spacial score (nSPS) is 17.8. The molecule has 2 aromatic heterocycles. The summed E-state index contributed by atoms with van der Waals surface area (Å²) in [6.45, 7) is 7.90. The molecule has 3 rings (SSSR count). The van der Waals surface area contributed by atoms with Crippen molar-refractivity contribution in [1.29, 1.82) is 0 Å². The number of hydrogen-bond acceptors (Lipinski definition) is 5. The molecule has 25 heavy (non-hydrogen) atoms. The van der Waals surface area contributed by atoms with Crippen LogP contribution in [-0.4, -0.2) is 45.2 Å². The number of aryl methyl sites for hydroxylation is 1. The predicted octanol–water partition coefficient (Wildman–Crippen LogP) is 2.28. The third-order valence-electron chi connectivity index (χ3n) is 4.64. The van der Waals surface area contributed by atoms with E-state index < -0.39 is 0 Å². The molecule has 0 aromatic carbocycles. The Morgan fingerprint density at radius 1 is 1.44 bits per heavy atom. The number of rotatable bonds is 5. The smallest absolute Gasteiger partial charge is 0.255 e. The highest BCUT2D eigenvalue weighted by Gasteiger charge is 2.24. The molecule has 0 aliphatic carbocycles. The quantitative estimate of drug-likeness (QED) is 0.870. The van der Waals surface area contributed by atoms with Crippen molar-refractivity contribution in [2.24, 2.45) is 0 Å². The molecule has 0 saturated carbocycles. The van der Waals surface area contributed by atoms with Crippen molar-refractivity contribution in [3.8, 4) is 0 Å². The van der Waals surface area contributed by atoms with Crippen LogP contribution in [0.25, 0.3) is 0 Å². The largest absolute Gasteiger partial charge is 0.354 e. The van der Waals surface area contributed by atoms with E-state index in [1.165, 1.54) is 0 Å². The fourth-order valence-corrected chi connectivity index (χ4v) is 3.24. The molecule has 1 aliphatic rings. The van der Waals surface area contributed by atoms with Gasteiger partial charge in [-0.1, -0.05) is 20.8 Å². The Labute approximate surface area is 148 Å². The number of nitrogens with one attached hydrogen (secondary N) is 2. The molecular formula is C18H26N6O. The number of carbonyl (C=O) groups excluding carboxylic acids is 1. The zero-order valence-electron chi connectivity index (χ0n) is 15.1. The van der Waals surface area contributed by atoms with Crippen molar-refractivity contribution < 1.29 is 4.79 Å². The lowest BCUT2D eigenvalue weighted by Crippen LogP contribution is -2.48. The van der Waals surface area contributed by atoms with Crippen LogP contribution in [0.2, 0.25) is 0 Å². The van der Waals surface area contributed by atoms with Gasteiger partial charge in [0.25, 0.3) is 5.91 Å². The van der Waals surface area contributed by atoms with Gasteiger partial charge in [-0.15, -0.1) is 0 Å². The minimum Gasteiger partial charge on any atom is -0.354 e. The van der Waals surface area contributed by atoms with Gasteiger partial charge in [0.2, 0.25) is 0 Å². The number of H-pyrrole nitrogens is 1. The molecule has 1 amide bonds. The molecule has 1 fully saturated rings. The molecule has 7 heteroatoms. The molecular weight excluding hydrogens is 316 g/mol. The van der Waals surface area contributed by atoms with Crippen molar-refractivity contribution >= 4 is 11.7 Å². The zero-order chi connectivity index (χ0) is 17.8. The highest BCUT2D eigenvalue weighted by molar-refractivity contribution is 5.95. The van der Waals surface area contributed by atoms with E-state index in [0.29, 0.717) is 5.56 Å². The summed E-state index contributed by atoms with van der Waals surface area (Å²) in [6.07, 6.45) is 6.13. The zero-order valence-corrected chi connectivity index (χ0v) is 15.1. The van der Waals surface area contributed by atoms with E-state index in [1.54, 1.807) is 12.5 Å². The van der Waals surface area contributed by atoms with Gasteiger partial charge in [-0.25, -0.2) is 9.97 Å². The van der Waals surface area contributed by atoms with Gasteiger partial charge >= 0.3 is 0 Å². The summed E-state index contributed by atoms with van der Waals surface area (Å²) < 4.78 is 0. The Morgan fingerprint density at radius 2 is 2.28 bits per heavy atom. The van der Waals surface area contributed by atoms with Crippen molar-refractivity contribution in [1.82, 2.24) is 25.5 Å². The van der Waals surface area contributed by atoms with Gasteiger partial charge in [-0.05, 0) is 25.2 Å². The van der Waals surface area contributed by atoms with Crippen LogP contribution in [0.15, 0.2) is 18.6 Å². The summed E-state index contributed by atoms with van der Waals surface area (Å²) in [6, 6.07) is 2.15. The third-order valence-corrected chi connectivity index (χ3v) is 4.64. The second kappa shape index (κ2) is 7.63. The van der Waals surface area contributed by atoms with Gasteiger partial charge in [-0.2, -0.15) is 5.10 Å². The van der Waals surface area contributed by atoms with Crippen LogP contribution in [-0.2, 0) is 6.42 Å². The second-order valence-corrected chi connectivity index (χ2v) is 6.83. The first-order chi connectivity index (χ1) is 12.1. The number of anilines is 1. The van der Waals surface area contributed by atoms with Gasteiger partial charge in [0.05, 0.1) is 17.5 Å². The topological polar surface area (TPSA) is 86.8 Å². The molecule has 7 nitrogen and oxygen atoms in total. The van der Waals surface area contributed by atoms with Gasteiger partial charge in [0, 0.05) is 30.9 Å². The van der Waals surface area contributed by atoms with Gasteiger partial charge in [0.15, 0.2) is 0 Å². The van der Waals surface area contributed by atoms with Crippen LogP contribution in [0.1, 0.15) is 61.3 Å². The van der Waals surface area contributed by atoms with Gasteiger partial charge in [0.1, 0.15) is 12.1 Å². The van der Waals surface area contributed by atoms with Crippen LogP contribution in [0.4, 0.5) is 5.82 Å². The average Bonchev–Trinajstić information content (AvgIpc) is 3.12. The molecule has 0 bridgehead atoms. The van der Waals surface area contributed by atoms with Crippen LogP contribution >= 0.6 is 0 Å². The van der Waals surface area contributed by atoms with Crippen molar-refractivity contribution in [2.45, 2.75) is 52.0 Å². The van der Waals surface area contributed by atoms with E-state index in [9.17, 15) is 4.79 Å². The number of carbonyl (C=O) groups is 1. The number of amides is 1. The summed E-state index contributed by atoms with van der Waals surface area (Å²) in [5, 5.41) is 10.1. The second-order valence-electron chi connectivity index (χ2n) is 6.83. The number of aromatic amines is 1. The Kier molecular flexibility index (Phi) is 5.31. The fraction of sp³-hybridized carbons (Fsp3) is 0.556. The van der Waals surface area contributed by atoms with Crippen LogP contribution < -0.4 is 10.2 Å². The minimum atomic E-state index is -0.0544. The lowest BCUT2D eigenvalue weighted by atomic mass is 10.0. The maximum absolute atomic E-state index is 12.6. The summed E-state index contributed by atoms with van der Waals surface area (Å²) in [5.74, 6) is 1.12. The van der Waals surface area contributed by atoms with Crippen molar-refractivity contribution in [3.05, 3.63) is 35.5 Å². The summed E-state index contributed by atoms with van der Waals surface area (Å²) >= 11 is 0. The Bertz CT molecular complexity index is 726. The fourth-order valence-electron chi connectivity index (χ4n) is 3.24. The SMILES string of the molecule is CCc1cc(N2CCCC(NC(=O)c3cn[nH]c3C(C)C)C2)ncn1. The number of hydrogen-bond donors (Lipinski definition) is 2. The number of piperidine rings is 1. The monoisotopic (exact) mass is 342 g/mol. The standard InChI is InChI=1S/C18H26N6O/c1-4-13-8-16(20-11-19-13)24-7-5-6-14(10-24)22-18(25)15-9-21-23-17(15)12(2)3/h8-9,11-12,14H,4-7,10H2,1-3H3,(H,21,23)(H,22,25). The molecule has 0 radical (unpaired) electrons. The first kappa shape index (κ1) is 17.4. The first-order valence-corrected chi connectivity index (χ1v) is 8.98. The molecule has 1 atom stereocenters. The van der Waals surface area contributed by atoms with Crippen LogP contribution in [0.3, 0.4) is 0 Å². The maximum Gasteiger partial charge on any atom is 0.255 e. The average molecular weight is 342 g/mol. The first-order valence-electron chi connectivity index (χ1n) is 8.98. The van der Waals surface area contributed by atoms with Crippen molar-refractivity contribution in [2.75, 3.05) is 18.0 Å². The molecule has 3 heterocycles. The summed E-state index contributed by atoms with van der Waals surface area (Å²) in [7, 11) is 0. The van der Waals surface area contributed by atoms with Gasteiger partial charge in [-0.3, -0.25) is 9.89 Å². The Morgan fingerprint density at radius 3 is 3.04 bits per heavy atom. The highest BCUT2D eigenvalue weighted by atomic mass is 16.1. The molecule has 1 unspecified atom stereocenters. The van der Waals surface area contributed by atoms with E-state index in [4.69, 9.17) is 0 Å². The van der Waals surface area contributed by atoms with Crippen LogP contribution in [0.5, 0.6) is 0 Å². The van der Waals surface area contributed by atoms with Crippen molar-refractivity contribution in [3.63, 3.8) is 0 Å². The summed E-state index contributed by atoms with van der Waals surface area (Å²) in [5.41, 5.74) is 2.56. The lowest BCUT2D eigenvalue weighted by molar-refractivity contribution is 0.0932.